The van der Waals surface area contributed by atoms with Crippen molar-refractivity contribution in [2.24, 2.45) is 0 Å². The van der Waals surface area contributed by atoms with Crippen LogP contribution in [0.2, 0.25) is 0 Å². The van der Waals surface area contributed by atoms with E-state index in [1.54, 1.807) is 12.4 Å². The number of carboxylic acid groups (broad SMARTS) is 1. The molecule has 1 saturated heterocycles. The number of pyridine rings is 1. The number of anilines is 2. The van der Waals surface area contributed by atoms with Gasteiger partial charge in [-0.05, 0) is 50.8 Å². The highest BCUT2D eigenvalue weighted by Gasteiger charge is 2.38. The number of carboxylic acids is 1. The molecule has 2 aliphatic rings. The molecule has 0 unspecified atom stereocenters. The normalized spacial score (nSPS) is 15.7. The Kier molecular flexibility index (Phi) is 8.47. The Morgan fingerprint density at radius 3 is 2.23 bits per heavy atom. The summed E-state index contributed by atoms with van der Waals surface area (Å²) in [6.45, 7) is 7.49. The highest BCUT2D eigenvalue weighted by molar-refractivity contribution is 5.99. The Labute approximate surface area is 201 Å². The highest BCUT2D eigenvalue weighted by atomic mass is 19.4. The van der Waals surface area contributed by atoms with Crippen molar-refractivity contribution in [1.29, 1.82) is 0 Å². The number of hydrogen-bond acceptors (Lipinski definition) is 7. The number of halogens is 3. The van der Waals surface area contributed by atoms with Crippen molar-refractivity contribution in [3.63, 3.8) is 0 Å². The second kappa shape index (κ2) is 11.3. The standard InChI is InChI=1S/C21H28N6O.C2HF3O2/c1-15(2)24-19-17(20(28)26-10-3-4-11-26)14-16-6-12-27(13-7-18(16)25-19)21-22-8-5-9-23-21;3-2(4,5)1(6)7/h5,8-9,14-15H,3-4,6-7,10-13H2,1-2H3,(H,24,25);(H,6,7). The third kappa shape index (κ3) is 7.03. The first-order valence-corrected chi connectivity index (χ1v) is 11.5. The van der Waals surface area contributed by atoms with Crippen LogP contribution in [-0.4, -0.2) is 75.2 Å². The van der Waals surface area contributed by atoms with Crippen LogP contribution in [0.3, 0.4) is 0 Å². The van der Waals surface area contributed by atoms with Gasteiger partial charge in [-0.15, -0.1) is 0 Å². The van der Waals surface area contributed by atoms with Gasteiger partial charge in [0.2, 0.25) is 5.95 Å². The molecular formula is C23H29F3N6O3. The quantitative estimate of drug-likeness (QED) is 0.667. The molecule has 1 amide bonds. The maximum atomic E-state index is 13.1. The number of rotatable bonds is 4. The number of nitrogens with zero attached hydrogens (tertiary/aromatic N) is 5. The lowest BCUT2D eigenvalue weighted by Crippen LogP contribution is -2.29. The number of likely N-dealkylation sites (tertiary alicyclic amines) is 1. The number of hydrogen-bond donors (Lipinski definition) is 2. The molecule has 1 fully saturated rings. The van der Waals surface area contributed by atoms with Gasteiger partial charge in [-0.2, -0.15) is 13.2 Å². The molecule has 9 nitrogen and oxygen atoms in total. The Morgan fingerprint density at radius 1 is 1.06 bits per heavy atom. The number of carbonyl (C=O) groups is 2. The largest absolute Gasteiger partial charge is 0.490 e. The summed E-state index contributed by atoms with van der Waals surface area (Å²) in [5.74, 6) is -1.18. The van der Waals surface area contributed by atoms with Crippen LogP contribution in [0.1, 0.15) is 48.3 Å². The minimum Gasteiger partial charge on any atom is -0.475 e. The Morgan fingerprint density at radius 2 is 1.66 bits per heavy atom. The van der Waals surface area contributed by atoms with Crippen LogP contribution in [0, 0.1) is 0 Å². The fourth-order valence-corrected chi connectivity index (χ4v) is 3.93. The summed E-state index contributed by atoms with van der Waals surface area (Å²) in [5.41, 5.74) is 2.94. The van der Waals surface area contributed by atoms with Crippen LogP contribution in [-0.2, 0) is 17.6 Å². The first-order chi connectivity index (χ1) is 16.6. The number of nitrogens with one attached hydrogen (secondary N) is 1. The summed E-state index contributed by atoms with van der Waals surface area (Å²) in [6, 6.07) is 4.12. The van der Waals surface area contributed by atoms with Crippen molar-refractivity contribution >= 4 is 23.6 Å². The van der Waals surface area contributed by atoms with Crippen LogP contribution in [0.5, 0.6) is 0 Å². The summed E-state index contributed by atoms with van der Waals surface area (Å²) in [6.07, 6.45) is 2.29. The lowest BCUT2D eigenvalue weighted by atomic mass is 10.0. The van der Waals surface area contributed by atoms with Gasteiger partial charge < -0.3 is 20.2 Å². The number of amides is 1. The molecule has 0 aromatic carbocycles. The molecule has 0 spiro atoms. The molecule has 0 bridgehead atoms. The van der Waals surface area contributed by atoms with E-state index in [1.807, 2.05) is 11.0 Å². The summed E-state index contributed by atoms with van der Waals surface area (Å²) < 4.78 is 31.7. The molecule has 2 aromatic rings. The predicted octanol–water partition coefficient (Wildman–Crippen LogP) is 3.17. The van der Waals surface area contributed by atoms with E-state index in [-0.39, 0.29) is 11.9 Å². The van der Waals surface area contributed by atoms with E-state index in [9.17, 15) is 18.0 Å². The van der Waals surface area contributed by atoms with Crippen molar-refractivity contribution in [1.82, 2.24) is 19.9 Å². The predicted molar refractivity (Wildman–Crippen MR) is 123 cm³/mol. The molecule has 2 N–H and O–H groups in total. The maximum absolute atomic E-state index is 13.1. The van der Waals surface area contributed by atoms with E-state index >= 15 is 0 Å². The van der Waals surface area contributed by atoms with Gasteiger partial charge in [0, 0.05) is 56.7 Å². The SMILES string of the molecule is CC(C)Nc1nc2c(cc1C(=O)N1CCCC1)CCN(c1ncccn1)CC2.O=C(O)C(F)(F)F. The minimum absolute atomic E-state index is 0.100. The highest BCUT2D eigenvalue weighted by Crippen LogP contribution is 2.25. The number of fused-ring (bicyclic) bond motifs is 1. The first-order valence-electron chi connectivity index (χ1n) is 11.5. The van der Waals surface area contributed by atoms with Crippen LogP contribution in [0.4, 0.5) is 24.9 Å². The average molecular weight is 495 g/mol. The Balaban J connectivity index is 0.000000429. The zero-order valence-electron chi connectivity index (χ0n) is 19.7. The van der Waals surface area contributed by atoms with Gasteiger partial charge in [0.15, 0.2) is 0 Å². The Hall–Kier alpha value is -3.44. The molecule has 190 valence electrons. The maximum Gasteiger partial charge on any atom is 0.490 e. The van der Waals surface area contributed by atoms with Crippen LogP contribution >= 0.6 is 0 Å². The molecule has 4 rings (SSSR count). The van der Waals surface area contributed by atoms with E-state index < -0.39 is 12.1 Å². The lowest BCUT2D eigenvalue weighted by molar-refractivity contribution is -0.192. The van der Waals surface area contributed by atoms with Gasteiger partial charge in [-0.1, -0.05) is 0 Å². The van der Waals surface area contributed by atoms with Crippen molar-refractivity contribution < 1.29 is 27.9 Å². The number of aromatic nitrogens is 3. The molecule has 35 heavy (non-hydrogen) atoms. The summed E-state index contributed by atoms with van der Waals surface area (Å²) in [7, 11) is 0. The summed E-state index contributed by atoms with van der Waals surface area (Å²) >= 11 is 0. The zero-order chi connectivity index (χ0) is 25.6. The molecule has 12 heteroatoms. The molecule has 0 saturated carbocycles. The van der Waals surface area contributed by atoms with Crippen LogP contribution in [0.25, 0.3) is 0 Å². The zero-order valence-corrected chi connectivity index (χ0v) is 19.7. The monoisotopic (exact) mass is 494 g/mol. The van der Waals surface area contributed by atoms with Gasteiger partial charge in [0.05, 0.1) is 5.56 Å². The molecule has 4 heterocycles. The third-order valence-corrected chi connectivity index (χ3v) is 5.59. The summed E-state index contributed by atoms with van der Waals surface area (Å²) in [4.78, 5) is 39.8. The molecule has 2 aromatic heterocycles. The molecule has 0 atom stereocenters. The average Bonchev–Trinajstić information content (AvgIpc) is 3.26. The fraction of sp³-hybridized carbons (Fsp3) is 0.522. The number of aliphatic carboxylic acids is 1. The van der Waals surface area contributed by atoms with E-state index in [4.69, 9.17) is 14.9 Å². The topological polar surface area (TPSA) is 112 Å². The second-order valence-corrected chi connectivity index (χ2v) is 8.63. The van der Waals surface area contributed by atoms with E-state index in [0.29, 0.717) is 5.56 Å². The summed E-state index contributed by atoms with van der Waals surface area (Å²) in [5, 5.41) is 10.5. The van der Waals surface area contributed by atoms with Crippen molar-refractivity contribution in [2.45, 2.75) is 51.7 Å². The smallest absolute Gasteiger partial charge is 0.475 e. The van der Waals surface area contributed by atoms with Crippen molar-refractivity contribution in [3.05, 3.63) is 41.3 Å². The van der Waals surface area contributed by atoms with Gasteiger partial charge in [-0.25, -0.2) is 19.7 Å². The molecule has 0 radical (unpaired) electrons. The van der Waals surface area contributed by atoms with Gasteiger partial charge >= 0.3 is 12.1 Å². The Bertz CT molecular complexity index is 1030. The lowest BCUT2D eigenvalue weighted by Gasteiger charge is -2.21. The van der Waals surface area contributed by atoms with Crippen LogP contribution in [0.15, 0.2) is 24.5 Å². The molecule has 0 aliphatic carbocycles. The van der Waals surface area contributed by atoms with Crippen LogP contribution < -0.4 is 10.2 Å². The van der Waals surface area contributed by atoms with Gasteiger partial charge in [0.1, 0.15) is 5.82 Å². The second-order valence-electron chi connectivity index (χ2n) is 8.63. The molecule has 2 aliphatic heterocycles. The van der Waals surface area contributed by atoms with Crippen molar-refractivity contribution in [2.75, 3.05) is 36.4 Å². The third-order valence-electron chi connectivity index (χ3n) is 5.59. The van der Waals surface area contributed by atoms with Gasteiger partial charge in [-0.3, -0.25) is 4.79 Å². The van der Waals surface area contributed by atoms with E-state index in [0.717, 1.165) is 74.9 Å². The number of alkyl halides is 3. The molecular weight excluding hydrogens is 465 g/mol. The first kappa shape index (κ1) is 26.2. The van der Waals surface area contributed by atoms with Gasteiger partial charge in [0.25, 0.3) is 5.91 Å². The fourth-order valence-electron chi connectivity index (χ4n) is 3.93. The minimum atomic E-state index is -5.08. The number of carbonyl (C=O) groups excluding carboxylic acids is 1. The van der Waals surface area contributed by atoms with Crippen molar-refractivity contribution in [3.8, 4) is 0 Å². The van der Waals surface area contributed by atoms with E-state index in [2.05, 4.69) is 40.1 Å². The van der Waals surface area contributed by atoms with E-state index in [1.165, 1.54) is 0 Å².